The first-order chi connectivity index (χ1) is 19.4. The van der Waals surface area contributed by atoms with Crippen molar-refractivity contribution in [2.75, 3.05) is 13.2 Å². The standard InChI is InChI=1S/C30H27BrN4O4S/c1-3-38-26-13-11-25(12-14-26)35-20(2)32-33-30(35)40-29(18-34(36)37)24-10-15-28(27(31)17-24)39-19-21-8-9-22-6-4-5-7-23(22)16-21/h4-17,29H,3,18-19H2,1-2H3/t29-/m1/s1. The van der Waals surface area contributed by atoms with Crippen molar-refractivity contribution < 1.29 is 14.4 Å². The summed E-state index contributed by atoms with van der Waals surface area (Å²) in [5.41, 5.74) is 2.69. The third kappa shape index (κ3) is 6.46. The molecule has 0 fully saturated rings. The van der Waals surface area contributed by atoms with Crippen LogP contribution in [0.1, 0.15) is 29.1 Å². The van der Waals surface area contributed by atoms with Crippen LogP contribution in [0.3, 0.4) is 0 Å². The largest absolute Gasteiger partial charge is 0.494 e. The van der Waals surface area contributed by atoms with Gasteiger partial charge in [-0.25, -0.2) is 0 Å². The van der Waals surface area contributed by atoms with Crippen LogP contribution in [0.2, 0.25) is 0 Å². The van der Waals surface area contributed by atoms with Crippen LogP contribution < -0.4 is 9.47 Å². The van der Waals surface area contributed by atoms with Crippen molar-refractivity contribution in [1.82, 2.24) is 14.8 Å². The summed E-state index contributed by atoms with van der Waals surface area (Å²) >= 11 is 4.91. The van der Waals surface area contributed by atoms with Crippen molar-refractivity contribution in [3.05, 3.63) is 116 Å². The number of benzene rings is 4. The van der Waals surface area contributed by atoms with Crippen molar-refractivity contribution >= 4 is 38.5 Å². The first-order valence-corrected chi connectivity index (χ1v) is 14.4. The van der Waals surface area contributed by atoms with Gasteiger partial charge in [-0.2, -0.15) is 0 Å². The Balaban J connectivity index is 1.35. The lowest BCUT2D eigenvalue weighted by Crippen LogP contribution is -2.11. The van der Waals surface area contributed by atoms with Gasteiger partial charge in [-0.15, -0.1) is 10.2 Å². The maximum atomic E-state index is 11.6. The van der Waals surface area contributed by atoms with Crippen molar-refractivity contribution in [2.45, 2.75) is 30.9 Å². The fraction of sp³-hybridized carbons (Fsp3) is 0.200. The van der Waals surface area contributed by atoms with Crippen LogP contribution >= 0.6 is 27.7 Å². The fourth-order valence-corrected chi connectivity index (χ4v) is 6.05. The average molecular weight is 620 g/mol. The number of hydrogen-bond acceptors (Lipinski definition) is 7. The molecule has 204 valence electrons. The molecule has 40 heavy (non-hydrogen) atoms. The van der Waals surface area contributed by atoms with Gasteiger partial charge in [-0.05, 0) is 94.1 Å². The van der Waals surface area contributed by atoms with Crippen LogP contribution in [0.15, 0.2) is 94.6 Å². The average Bonchev–Trinajstić information content (AvgIpc) is 3.31. The highest BCUT2D eigenvalue weighted by Gasteiger charge is 2.24. The van der Waals surface area contributed by atoms with E-state index in [1.54, 1.807) is 0 Å². The van der Waals surface area contributed by atoms with Crippen molar-refractivity contribution in [3.8, 4) is 17.2 Å². The van der Waals surface area contributed by atoms with E-state index in [2.05, 4.69) is 56.5 Å². The summed E-state index contributed by atoms with van der Waals surface area (Å²) < 4.78 is 14.3. The number of nitrogens with zero attached hydrogens (tertiary/aromatic N) is 4. The molecule has 0 radical (unpaired) electrons. The van der Waals surface area contributed by atoms with Gasteiger partial charge in [0.15, 0.2) is 5.16 Å². The molecule has 0 aliphatic heterocycles. The van der Waals surface area contributed by atoms with E-state index in [9.17, 15) is 10.1 Å². The maximum Gasteiger partial charge on any atom is 0.220 e. The van der Waals surface area contributed by atoms with E-state index in [4.69, 9.17) is 9.47 Å². The molecule has 4 aromatic carbocycles. The smallest absolute Gasteiger partial charge is 0.220 e. The molecule has 0 N–H and O–H groups in total. The second kappa shape index (κ2) is 12.5. The van der Waals surface area contributed by atoms with Crippen LogP contribution in [-0.4, -0.2) is 32.8 Å². The zero-order valence-electron chi connectivity index (χ0n) is 22.0. The number of hydrogen-bond donors (Lipinski definition) is 0. The second-order valence-electron chi connectivity index (χ2n) is 9.07. The van der Waals surface area contributed by atoms with E-state index in [1.165, 1.54) is 17.1 Å². The summed E-state index contributed by atoms with van der Waals surface area (Å²) in [5.74, 6) is 2.12. The van der Waals surface area contributed by atoms with Crippen LogP contribution in [0.4, 0.5) is 0 Å². The van der Waals surface area contributed by atoms with Crippen LogP contribution in [0, 0.1) is 17.0 Å². The lowest BCUT2D eigenvalue weighted by molar-refractivity contribution is -0.479. The predicted octanol–water partition coefficient (Wildman–Crippen LogP) is 7.58. The van der Waals surface area contributed by atoms with Gasteiger partial charge in [0.1, 0.15) is 29.2 Å². The number of nitro groups is 1. The highest BCUT2D eigenvalue weighted by atomic mass is 79.9. The summed E-state index contributed by atoms with van der Waals surface area (Å²) in [6, 6.07) is 27.6. The SMILES string of the molecule is CCOc1ccc(-n2c(C)nnc2S[C@H](C[N+](=O)[O-])c2ccc(OCc3ccc4ccccc4c3)c(Br)c2)cc1. The molecular formula is C30H27BrN4O4S. The minimum absolute atomic E-state index is 0.274. The summed E-state index contributed by atoms with van der Waals surface area (Å²) in [4.78, 5) is 11.3. The number of fused-ring (bicyclic) bond motifs is 1. The maximum absolute atomic E-state index is 11.6. The van der Waals surface area contributed by atoms with E-state index >= 15 is 0 Å². The molecule has 0 spiro atoms. The summed E-state index contributed by atoms with van der Waals surface area (Å²) in [7, 11) is 0. The minimum atomic E-state index is -0.495. The highest BCUT2D eigenvalue weighted by Crippen LogP contribution is 2.39. The van der Waals surface area contributed by atoms with Crippen LogP contribution in [0.25, 0.3) is 16.5 Å². The summed E-state index contributed by atoms with van der Waals surface area (Å²) in [5, 5.41) is 22.6. The molecule has 8 nitrogen and oxygen atoms in total. The molecule has 0 unspecified atom stereocenters. The summed E-state index contributed by atoms with van der Waals surface area (Å²) in [6.45, 7) is 4.50. The number of thioether (sulfide) groups is 1. The number of ether oxygens (including phenoxy) is 2. The van der Waals surface area contributed by atoms with Gasteiger partial charge in [0.05, 0.1) is 11.1 Å². The van der Waals surface area contributed by atoms with Gasteiger partial charge in [0.25, 0.3) is 0 Å². The van der Waals surface area contributed by atoms with E-state index in [0.717, 1.165) is 32.4 Å². The van der Waals surface area contributed by atoms with E-state index in [-0.39, 0.29) is 11.5 Å². The number of rotatable bonds is 11. The lowest BCUT2D eigenvalue weighted by Gasteiger charge is -2.16. The molecule has 1 aromatic heterocycles. The zero-order valence-corrected chi connectivity index (χ0v) is 24.4. The number of halogens is 1. The first-order valence-electron chi connectivity index (χ1n) is 12.7. The van der Waals surface area contributed by atoms with E-state index in [1.807, 2.05) is 73.0 Å². The molecule has 5 rings (SSSR count). The van der Waals surface area contributed by atoms with Crippen LogP contribution in [-0.2, 0) is 6.61 Å². The van der Waals surface area contributed by atoms with Gasteiger partial charge in [0, 0.05) is 10.6 Å². The Morgan fingerprint density at radius 1 is 0.975 bits per heavy atom. The topological polar surface area (TPSA) is 92.3 Å². The zero-order chi connectivity index (χ0) is 28.1. The molecule has 1 atom stereocenters. The molecule has 0 bridgehead atoms. The first kappa shape index (κ1) is 27.7. The molecule has 0 saturated carbocycles. The van der Waals surface area contributed by atoms with E-state index in [0.29, 0.717) is 29.9 Å². The predicted molar refractivity (Wildman–Crippen MR) is 160 cm³/mol. The van der Waals surface area contributed by atoms with Gasteiger partial charge < -0.3 is 9.47 Å². The van der Waals surface area contributed by atoms with Crippen molar-refractivity contribution in [2.24, 2.45) is 0 Å². The minimum Gasteiger partial charge on any atom is -0.494 e. The molecule has 0 aliphatic carbocycles. The van der Waals surface area contributed by atoms with Gasteiger partial charge in [-0.3, -0.25) is 14.7 Å². The van der Waals surface area contributed by atoms with Crippen molar-refractivity contribution in [1.29, 1.82) is 0 Å². The van der Waals surface area contributed by atoms with Crippen LogP contribution in [0.5, 0.6) is 11.5 Å². The normalized spacial score (nSPS) is 11.9. The highest BCUT2D eigenvalue weighted by molar-refractivity contribution is 9.10. The molecule has 0 aliphatic rings. The molecule has 0 amide bonds. The summed E-state index contributed by atoms with van der Waals surface area (Å²) in [6.07, 6.45) is 0. The second-order valence-corrected chi connectivity index (χ2v) is 11.1. The monoisotopic (exact) mass is 618 g/mol. The Labute approximate surface area is 244 Å². The van der Waals surface area contributed by atoms with Gasteiger partial charge in [-0.1, -0.05) is 54.2 Å². The molecular weight excluding hydrogens is 592 g/mol. The quantitative estimate of drug-likeness (QED) is 0.0855. The molecule has 5 aromatic rings. The van der Waals surface area contributed by atoms with E-state index < -0.39 is 5.25 Å². The van der Waals surface area contributed by atoms with Crippen molar-refractivity contribution in [3.63, 3.8) is 0 Å². The molecule has 10 heteroatoms. The Kier molecular flexibility index (Phi) is 8.66. The number of aryl methyl sites for hydroxylation is 1. The number of aromatic nitrogens is 3. The van der Waals surface area contributed by atoms with Gasteiger partial charge >= 0.3 is 0 Å². The molecule has 1 heterocycles. The third-order valence-electron chi connectivity index (χ3n) is 6.30. The third-order valence-corrected chi connectivity index (χ3v) is 8.10. The Hall–Kier alpha value is -3.89. The Morgan fingerprint density at radius 3 is 2.48 bits per heavy atom. The molecule has 0 saturated heterocycles. The lowest BCUT2D eigenvalue weighted by atomic mass is 10.1. The Morgan fingerprint density at radius 2 is 1.75 bits per heavy atom. The Bertz CT molecular complexity index is 1640. The van der Waals surface area contributed by atoms with Gasteiger partial charge in [0.2, 0.25) is 6.54 Å². The fourth-order valence-electron chi connectivity index (χ4n) is 4.37.